The predicted molar refractivity (Wildman–Crippen MR) is 37.8 cm³/mol. The maximum Gasteiger partial charge on any atom is 0.223 e. The number of carbonyl (C=O) groups is 1. The number of alkyl halides is 1. The topological polar surface area (TPSA) is 38.3 Å². The molecule has 1 fully saturated rings. The second kappa shape index (κ2) is 3.21. The van der Waals surface area contributed by atoms with E-state index in [-0.39, 0.29) is 17.5 Å². The van der Waals surface area contributed by atoms with Gasteiger partial charge in [0.1, 0.15) is 5.50 Å². The van der Waals surface area contributed by atoms with Crippen LogP contribution < -0.4 is 5.32 Å². The van der Waals surface area contributed by atoms with Gasteiger partial charge in [-0.3, -0.25) is 4.79 Å². The number of ether oxygens (including phenoxy) is 1. The minimum Gasteiger partial charge on any atom is -0.381 e. The highest BCUT2D eigenvalue weighted by Gasteiger charge is 2.24. The summed E-state index contributed by atoms with van der Waals surface area (Å²) in [6.45, 7) is 0. The molecule has 0 aromatic carbocycles. The molecule has 1 N–H and O–H groups in total. The summed E-state index contributed by atoms with van der Waals surface area (Å²) in [7, 11) is 1.59. The number of nitrogens with one attached hydrogen (secondary N) is 1. The first-order chi connectivity index (χ1) is 4.72. The molecule has 1 amide bonds. The summed E-state index contributed by atoms with van der Waals surface area (Å²) in [4.78, 5) is 10.8. The molecule has 0 spiro atoms. The number of rotatable bonds is 1. The molecule has 1 aliphatic rings. The van der Waals surface area contributed by atoms with Crippen molar-refractivity contribution in [3.05, 3.63) is 0 Å². The normalized spacial score (nSPS) is 33.6. The van der Waals surface area contributed by atoms with Crippen LogP contribution in [0.2, 0.25) is 0 Å². The van der Waals surface area contributed by atoms with Gasteiger partial charge in [-0.25, -0.2) is 0 Å². The highest BCUT2D eigenvalue weighted by atomic mass is 35.5. The van der Waals surface area contributed by atoms with Gasteiger partial charge in [-0.05, 0) is 0 Å². The summed E-state index contributed by atoms with van der Waals surface area (Å²) < 4.78 is 4.99. The van der Waals surface area contributed by atoms with Gasteiger partial charge >= 0.3 is 0 Å². The number of methoxy groups -OCH3 is 1. The smallest absolute Gasteiger partial charge is 0.223 e. The minimum atomic E-state index is -0.258. The number of amides is 1. The fraction of sp³-hybridized carbons (Fsp3) is 0.833. The molecule has 2 atom stereocenters. The SMILES string of the molecule is COC1CC(=O)NC(Cl)C1. The summed E-state index contributed by atoms with van der Waals surface area (Å²) >= 11 is 5.67. The van der Waals surface area contributed by atoms with Crippen LogP contribution in [0, 0.1) is 0 Å². The predicted octanol–water partition coefficient (Wildman–Crippen LogP) is 0.476. The molecule has 0 aromatic rings. The summed E-state index contributed by atoms with van der Waals surface area (Å²) in [5.41, 5.74) is -0.258. The summed E-state index contributed by atoms with van der Waals surface area (Å²) in [5.74, 6) is -0.0295. The molecule has 0 aliphatic carbocycles. The van der Waals surface area contributed by atoms with Crippen LogP contribution in [0.4, 0.5) is 0 Å². The van der Waals surface area contributed by atoms with Crippen molar-refractivity contribution in [2.75, 3.05) is 7.11 Å². The quantitative estimate of drug-likeness (QED) is 0.451. The lowest BCUT2D eigenvalue weighted by molar-refractivity contribution is -0.126. The second-order valence-electron chi connectivity index (χ2n) is 2.33. The van der Waals surface area contributed by atoms with Gasteiger partial charge in [-0.2, -0.15) is 0 Å². The maximum absolute atomic E-state index is 10.8. The van der Waals surface area contributed by atoms with Gasteiger partial charge in [0.2, 0.25) is 5.91 Å². The van der Waals surface area contributed by atoms with E-state index in [0.717, 1.165) is 0 Å². The van der Waals surface area contributed by atoms with E-state index in [1.165, 1.54) is 0 Å². The molecule has 3 nitrogen and oxygen atoms in total. The maximum atomic E-state index is 10.8. The fourth-order valence-electron chi connectivity index (χ4n) is 0.993. The Morgan fingerprint density at radius 1 is 1.80 bits per heavy atom. The van der Waals surface area contributed by atoms with Crippen molar-refractivity contribution in [1.82, 2.24) is 5.32 Å². The van der Waals surface area contributed by atoms with Gasteiger partial charge in [-0.1, -0.05) is 11.6 Å². The third kappa shape index (κ3) is 1.85. The first-order valence-electron chi connectivity index (χ1n) is 3.18. The van der Waals surface area contributed by atoms with E-state index in [0.29, 0.717) is 12.8 Å². The molecule has 1 rings (SSSR count). The first kappa shape index (κ1) is 7.82. The van der Waals surface area contributed by atoms with E-state index < -0.39 is 0 Å². The Balaban J connectivity index is 2.42. The van der Waals surface area contributed by atoms with Crippen molar-refractivity contribution in [3.63, 3.8) is 0 Å². The van der Waals surface area contributed by atoms with Crippen LogP contribution in [0.25, 0.3) is 0 Å². The van der Waals surface area contributed by atoms with Crippen LogP contribution in [0.15, 0.2) is 0 Å². The van der Waals surface area contributed by atoms with E-state index in [1.54, 1.807) is 7.11 Å². The van der Waals surface area contributed by atoms with Crippen molar-refractivity contribution >= 4 is 17.5 Å². The Labute approximate surface area is 64.7 Å². The van der Waals surface area contributed by atoms with Crippen molar-refractivity contribution in [3.8, 4) is 0 Å². The van der Waals surface area contributed by atoms with Crippen LogP contribution >= 0.6 is 11.6 Å². The Morgan fingerprint density at radius 2 is 2.50 bits per heavy atom. The van der Waals surface area contributed by atoms with E-state index in [9.17, 15) is 4.79 Å². The van der Waals surface area contributed by atoms with Crippen LogP contribution in [-0.2, 0) is 9.53 Å². The van der Waals surface area contributed by atoms with E-state index in [4.69, 9.17) is 16.3 Å². The minimum absolute atomic E-state index is 0.00347. The van der Waals surface area contributed by atoms with Gasteiger partial charge < -0.3 is 10.1 Å². The van der Waals surface area contributed by atoms with Gasteiger partial charge in [0.25, 0.3) is 0 Å². The summed E-state index contributed by atoms with van der Waals surface area (Å²) in [6.07, 6.45) is 1.13. The molecular formula is C6H10ClNO2. The lowest BCUT2D eigenvalue weighted by Crippen LogP contribution is -2.41. The van der Waals surface area contributed by atoms with Gasteiger partial charge in [-0.15, -0.1) is 0 Å². The second-order valence-corrected chi connectivity index (χ2v) is 2.86. The fourth-order valence-corrected chi connectivity index (χ4v) is 1.31. The Bertz CT molecular complexity index is 140. The molecule has 0 bridgehead atoms. The zero-order valence-electron chi connectivity index (χ0n) is 5.76. The lowest BCUT2D eigenvalue weighted by atomic mass is 10.1. The van der Waals surface area contributed by atoms with Gasteiger partial charge in [0.15, 0.2) is 0 Å². The molecule has 0 saturated carbocycles. The summed E-state index contributed by atoms with van der Waals surface area (Å²) in [5, 5.41) is 2.59. The van der Waals surface area contributed by atoms with Gasteiger partial charge in [0.05, 0.1) is 12.5 Å². The molecule has 1 heterocycles. The van der Waals surface area contributed by atoms with Crippen molar-refractivity contribution < 1.29 is 9.53 Å². The number of piperidine rings is 1. The molecular weight excluding hydrogens is 154 g/mol. The molecule has 58 valence electrons. The number of hydrogen-bond acceptors (Lipinski definition) is 2. The monoisotopic (exact) mass is 163 g/mol. The zero-order chi connectivity index (χ0) is 7.56. The molecule has 2 unspecified atom stereocenters. The standard InChI is InChI=1S/C6H10ClNO2/c1-10-4-2-5(7)8-6(9)3-4/h4-5H,2-3H2,1H3,(H,8,9). The third-order valence-electron chi connectivity index (χ3n) is 1.53. The molecule has 0 radical (unpaired) electrons. The van der Waals surface area contributed by atoms with Crippen LogP contribution in [-0.4, -0.2) is 24.6 Å². The van der Waals surface area contributed by atoms with Crippen LogP contribution in [0.5, 0.6) is 0 Å². The average molecular weight is 164 g/mol. The molecule has 4 heteroatoms. The van der Waals surface area contributed by atoms with Gasteiger partial charge in [0, 0.05) is 13.5 Å². The largest absolute Gasteiger partial charge is 0.381 e. The molecule has 10 heavy (non-hydrogen) atoms. The highest BCUT2D eigenvalue weighted by Crippen LogP contribution is 2.14. The molecule has 1 aliphatic heterocycles. The van der Waals surface area contributed by atoms with Crippen LogP contribution in [0.3, 0.4) is 0 Å². The average Bonchev–Trinajstić information content (AvgIpc) is 1.85. The van der Waals surface area contributed by atoms with E-state index in [1.807, 2.05) is 0 Å². The van der Waals surface area contributed by atoms with E-state index in [2.05, 4.69) is 5.32 Å². The summed E-state index contributed by atoms with van der Waals surface area (Å²) in [6, 6.07) is 0. The third-order valence-corrected chi connectivity index (χ3v) is 1.82. The van der Waals surface area contributed by atoms with Crippen LogP contribution in [0.1, 0.15) is 12.8 Å². The Morgan fingerprint density at radius 3 is 3.00 bits per heavy atom. The number of hydrogen-bond donors (Lipinski definition) is 1. The van der Waals surface area contributed by atoms with E-state index >= 15 is 0 Å². The highest BCUT2D eigenvalue weighted by molar-refractivity contribution is 6.21. The first-order valence-corrected chi connectivity index (χ1v) is 3.62. The Hall–Kier alpha value is -0.280. The molecule has 0 aromatic heterocycles. The van der Waals surface area contributed by atoms with Crippen molar-refractivity contribution in [2.24, 2.45) is 0 Å². The number of carbonyl (C=O) groups excluding carboxylic acids is 1. The van der Waals surface area contributed by atoms with Crippen molar-refractivity contribution in [1.29, 1.82) is 0 Å². The van der Waals surface area contributed by atoms with Crippen molar-refractivity contribution in [2.45, 2.75) is 24.4 Å². The lowest BCUT2D eigenvalue weighted by Gasteiger charge is -2.24. The zero-order valence-corrected chi connectivity index (χ0v) is 6.52. The number of halogens is 1. The Kier molecular flexibility index (Phi) is 2.51. The molecule has 1 saturated heterocycles.